The van der Waals surface area contributed by atoms with Gasteiger partial charge in [-0.3, -0.25) is 14.6 Å². The predicted octanol–water partition coefficient (Wildman–Crippen LogP) is 4.09. The van der Waals surface area contributed by atoms with E-state index >= 15 is 0 Å². The van der Waals surface area contributed by atoms with Crippen molar-refractivity contribution in [2.45, 2.75) is 44.3 Å². The number of hydrogen-bond acceptors (Lipinski definition) is 3. The largest absolute Gasteiger partial charge is 0.418 e. The number of benzene rings is 1. The lowest BCUT2D eigenvalue weighted by molar-refractivity contribution is -0.137. The van der Waals surface area contributed by atoms with Crippen LogP contribution in [0.1, 0.15) is 37.7 Å². The molecule has 6 rings (SSSR count). The number of rotatable bonds is 4. The topological polar surface area (TPSA) is 35.6 Å². The summed E-state index contributed by atoms with van der Waals surface area (Å²) in [5, 5.41) is 2.47. The standard InChI is InChI=1S/C23H30F3N3O/c24-23(25,26)19-3-1-2-4-20(19)27-21(30)14-28-5-7-29(8-6-28)22-17-10-15-9-16(12-17)13-18(22)11-15/h1-4,15-18,22H,5-14H2,(H,27,30). The number of anilines is 1. The lowest BCUT2D eigenvalue weighted by Gasteiger charge is -2.58. The van der Waals surface area contributed by atoms with Gasteiger partial charge in [0.1, 0.15) is 0 Å². The number of hydrogen-bond donors (Lipinski definition) is 1. The van der Waals surface area contributed by atoms with Crippen molar-refractivity contribution in [3.8, 4) is 0 Å². The molecule has 1 aromatic rings. The molecule has 30 heavy (non-hydrogen) atoms. The molecule has 1 N–H and O–H groups in total. The molecule has 1 aliphatic heterocycles. The molecule has 1 saturated heterocycles. The number of carbonyl (C=O) groups excluding carboxylic acids is 1. The predicted molar refractivity (Wildman–Crippen MR) is 109 cm³/mol. The Morgan fingerprint density at radius 3 is 2.13 bits per heavy atom. The summed E-state index contributed by atoms with van der Waals surface area (Å²) in [6.07, 6.45) is 2.59. The highest BCUT2D eigenvalue weighted by molar-refractivity contribution is 5.93. The highest BCUT2D eigenvalue weighted by Gasteiger charge is 2.50. The van der Waals surface area contributed by atoms with Crippen LogP contribution in [0.5, 0.6) is 0 Å². The Morgan fingerprint density at radius 1 is 0.933 bits per heavy atom. The first kappa shape index (κ1) is 20.3. The van der Waals surface area contributed by atoms with E-state index in [0.29, 0.717) is 6.04 Å². The summed E-state index contributed by atoms with van der Waals surface area (Å²) in [5.74, 6) is 3.27. The van der Waals surface area contributed by atoms with Crippen molar-refractivity contribution in [2.24, 2.45) is 23.7 Å². The van der Waals surface area contributed by atoms with Gasteiger partial charge in [0.05, 0.1) is 17.8 Å². The van der Waals surface area contributed by atoms with E-state index in [4.69, 9.17) is 0 Å². The molecule has 0 radical (unpaired) electrons. The Labute approximate surface area is 175 Å². The van der Waals surface area contributed by atoms with Crippen molar-refractivity contribution in [1.82, 2.24) is 9.80 Å². The van der Waals surface area contributed by atoms with Gasteiger partial charge in [-0.1, -0.05) is 12.1 Å². The summed E-state index contributed by atoms with van der Waals surface area (Å²) >= 11 is 0. The maximum Gasteiger partial charge on any atom is 0.418 e. The van der Waals surface area contributed by atoms with Crippen molar-refractivity contribution in [2.75, 3.05) is 38.0 Å². The molecule has 0 aromatic heterocycles. The quantitative estimate of drug-likeness (QED) is 0.796. The van der Waals surface area contributed by atoms with Gasteiger partial charge in [-0.05, 0) is 67.9 Å². The fraction of sp³-hybridized carbons (Fsp3) is 0.696. The van der Waals surface area contributed by atoms with Crippen LogP contribution >= 0.6 is 0 Å². The average Bonchev–Trinajstić information content (AvgIpc) is 2.68. The van der Waals surface area contributed by atoms with E-state index in [1.807, 2.05) is 0 Å². The molecule has 5 fully saturated rings. The summed E-state index contributed by atoms with van der Waals surface area (Å²) in [4.78, 5) is 17.1. The normalized spacial score (nSPS) is 34.3. The number of alkyl halides is 3. The summed E-state index contributed by atoms with van der Waals surface area (Å²) in [6, 6.07) is 5.87. The van der Waals surface area contributed by atoms with Gasteiger partial charge in [0.2, 0.25) is 5.91 Å². The van der Waals surface area contributed by atoms with Crippen molar-refractivity contribution in [1.29, 1.82) is 0 Å². The molecule has 0 unspecified atom stereocenters. The van der Waals surface area contributed by atoms with Gasteiger partial charge in [0.15, 0.2) is 0 Å². The first-order valence-corrected chi connectivity index (χ1v) is 11.3. The molecule has 4 saturated carbocycles. The Hall–Kier alpha value is -1.60. The van der Waals surface area contributed by atoms with Crippen LogP contribution in [0.15, 0.2) is 24.3 Å². The Bertz CT molecular complexity index is 760. The van der Waals surface area contributed by atoms with Crippen LogP contribution in [-0.4, -0.2) is 54.5 Å². The highest BCUT2D eigenvalue weighted by Crippen LogP contribution is 2.55. The fourth-order valence-electron chi connectivity index (χ4n) is 6.94. The van der Waals surface area contributed by atoms with Gasteiger partial charge in [-0.15, -0.1) is 0 Å². The average molecular weight is 422 g/mol. The van der Waals surface area contributed by atoms with Crippen molar-refractivity contribution >= 4 is 11.6 Å². The van der Waals surface area contributed by atoms with Crippen molar-refractivity contribution in [3.63, 3.8) is 0 Å². The third-order valence-electron chi connectivity index (χ3n) is 7.88. The Kier molecular flexibility index (Phi) is 5.30. The maximum absolute atomic E-state index is 13.1. The second-order valence-corrected chi connectivity index (χ2v) is 9.82. The number of para-hydroxylation sites is 1. The zero-order valence-electron chi connectivity index (χ0n) is 17.2. The van der Waals surface area contributed by atoms with E-state index in [0.717, 1.165) is 55.9 Å². The van der Waals surface area contributed by atoms with E-state index in [-0.39, 0.29) is 18.1 Å². The minimum absolute atomic E-state index is 0.141. The molecule has 7 heteroatoms. The number of carbonyl (C=O) groups is 1. The van der Waals surface area contributed by atoms with Crippen LogP contribution in [-0.2, 0) is 11.0 Å². The molecule has 5 aliphatic rings. The minimum atomic E-state index is -4.48. The van der Waals surface area contributed by atoms with E-state index in [1.165, 1.54) is 50.3 Å². The van der Waals surface area contributed by atoms with Crippen LogP contribution in [0.25, 0.3) is 0 Å². The van der Waals surface area contributed by atoms with Crippen LogP contribution in [0, 0.1) is 23.7 Å². The molecule has 164 valence electrons. The van der Waals surface area contributed by atoms with E-state index in [1.54, 1.807) is 0 Å². The molecule has 0 atom stereocenters. The first-order valence-electron chi connectivity index (χ1n) is 11.3. The van der Waals surface area contributed by atoms with E-state index < -0.39 is 11.7 Å². The number of piperazine rings is 1. The SMILES string of the molecule is O=C(CN1CCN(C2C3CC4CC(C3)CC2C4)CC1)Nc1ccccc1C(F)(F)F. The van der Waals surface area contributed by atoms with Gasteiger partial charge in [0.25, 0.3) is 0 Å². The Morgan fingerprint density at radius 2 is 1.53 bits per heavy atom. The third kappa shape index (κ3) is 3.98. The smallest absolute Gasteiger partial charge is 0.324 e. The molecule has 4 bridgehead atoms. The molecular weight excluding hydrogens is 391 g/mol. The molecule has 1 amide bonds. The van der Waals surface area contributed by atoms with Gasteiger partial charge < -0.3 is 5.32 Å². The monoisotopic (exact) mass is 421 g/mol. The summed E-state index contributed by atoms with van der Waals surface area (Å²) in [5.41, 5.74) is -0.965. The first-order chi connectivity index (χ1) is 14.4. The second-order valence-electron chi connectivity index (χ2n) is 9.82. The lowest BCUT2D eigenvalue weighted by Crippen LogP contribution is -2.60. The minimum Gasteiger partial charge on any atom is -0.324 e. The lowest BCUT2D eigenvalue weighted by atomic mass is 9.54. The van der Waals surface area contributed by atoms with Gasteiger partial charge >= 0.3 is 6.18 Å². The second kappa shape index (κ2) is 7.83. The molecule has 1 heterocycles. The zero-order valence-corrected chi connectivity index (χ0v) is 17.2. The maximum atomic E-state index is 13.1. The Balaban J connectivity index is 1.14. The zero-order chi connectivity index (χ0) is 20.9. The van der Waals surface area contributed by atoms with Gasteiger partial charge in [0, 0.05) is 32.2 Å². The number of nitrogens with zero attached hydrogens (tertiary/aromatic N) is 2. The molecule has 1 aromatic carbocycles. The summed E-state index contributed by atoms with van der Waals surface area (Å²) in [7, 11) is 0. The molecule has 0 spiro atoms. The molecule has 4 aliphatic carbocycles. The highest BCUT2D eigenvalue weighted by atomic mass is 19.4. The van der Waals surface area contributed by atoms with Crippen molar-refractivity contribution in [3.05, 3.63) is 29.8 Å². The van der Waals surface area contributed by atoms with Gasteiger partial charge in [-0.2, -0.15) is 13.2 Å². The number of nitrogens with one attached hydrogen (secondary N) is 1. The number of halogens is 3. The third-order valence-corrected chi connectivity index (χ3v) is 7.88. The van der Waals surface area contributed by atoms with Gasteiger partial charge in [-0.25, -0.2) is 0 Å². The molecule has 4 nitrogen and oxygen atoms in total. The van der Waals surface area contributed by atoms with E-state index in [2.05, 4.69) is 15.1 Å². The van der Waals surface area contributed by atoms with Crippen LogP contribution in [0.4, 0.5) is 18.9 Å². The van der Waals surface area contributed by atoms with Crippen molar-refractivity contribution < 1.29 is 18.0 Å². The summed E-state index contributed by atoms with van der Waals surface area (Å²) in [6.45, 7) is 3.66. The number of amides is 1. The van der Waals surface area contributed by atoms with Crippen LogP contribution in [0.2, 0.25) is 0 Å². The fourth-order valence-corrected chi connectivity index (χ4v) is 6.94. The van der Waals surface area contributed by atoms with Crippen LogP contribution in [0.3, 0.4) is 0 Å². The van der Waals surface area contributed by atoms with E-state index in [9.17, 15) is 18.0 Å². The molecular formula is C23H30F3N3O. The van der Waals surface area contributed by atoms with Crippen LogP contribution < -0.4 is 5.32 Å². The summed E-state index contributed by atoms with van der Waals surface area (Å²) < 4.78 is 39.4.